The Balaban J connectivity index is 2.33. The van der Waals surface area contributed by atoms with E-state index < -0.39 is 11.6 Å². The number of hydrogen-bond acceptors (Lipinski definition) is 4. The van der Waals surface area contributed by atoms with Crippen molar-refractivity contribution in [3.63, 3.8) is 0 Å². The van der Waals surface area contributed by atoms with Crippen LogP contribution in [0.3, 0.4) is 0 Å². The SMILES string of the molecule is O=C1C(Cl)=C(Cl)C(=O)C1=C(Cl)N1CCOCC1. The highest BCUT2D eigenvalue weighted by molar-refractivity contribution is 6.65. The Bertz CT molecular complexity index is 424. The van der Waals surface area contributed by atoms with Crippen molar-refractivity contribution in [3.05, 3.63) is 20.8 Å². The summed E-state index contributed by atoms with van der Waals surface area (Å²) in [4.78, 5) is 25.1. The Morgan fingerprint density at radius 2 is 1.53 bits per heavy atom. The molecule has 1 aliphatic heterocycles. The molecule has 0 unspecified atom stereocenters. The number of ether oxygens (including phenoxy) is 1. The Hall–Kier alpha value is -0.550. The van der Waals surface area contributed by atoms with Crippen molar-refractivity contribution in [2.75, 3.05) is 26.3 Å². The zero-order chi connectivity index (χ0) is 12.6. The minimum atomic E-state index is -0.613. The van der Waals surface area contributed by atoms with Gasteiger partial charge in [0.25, 0.3) is 0 Å². The molecule has 17 heavy (non-hydrogen) atoms. The van der Waals surface area contributed by atoms with Gasteiger partial charge in [0.15, 0.2) is 0 Å². The maximum absolute atomic E-state index is 11.7. The fraction of sp³-hybridized carbons (Fsp3) is 0.400. The molecule has 2 aliphatic rings. The second kappa shape index (κ2) is 4.98. The molecule has 1 aliphatic carbocycles. The number of morpholine rings is 1. The van der Waals surface area contributed by atoms with Gasteiger partial charge in [-0.1, -0.05) is 34.8 Å². The monoisotopic (exact) mass is 295 g/mol. The molecule has 0 bridgehead atoms. The fourth-order valence-electron chi connectivity index (χ4n) is 1.63. The smallest absolute Gasteiger partial charge is 0.213 e. The molecule has 2 rings (SSSR count). The van der Waals surface area contributed by atoms with Crippen LogP contribution in [0.1, 0.15) is 0 Å². The lowest BCUT2D eigenvalue weighted by atomic mass is 10.2. The number of carbonyl (C=O) groups excluding carboxylic acids is 2. The minimum absolute atomic E-state index is 0.0945. The maximum atomic E-state index is 11.7. The lowest BCUT2D eigenvalue weighted by Crippen LogP contribution is -2.35. The number of halogens is 3. The summed E-state index contributed by atoms with van der Waals surface area (Å²) in [6.45, 7) is 2.05. The van der Waals surface area contributed by atoms with Crippen molar-refractivity contribution in [2.45, 2.75) is 0 Å². The predicted molar refractivity (Wildman–Crippen MR) is 64.0 cm³/mol. The summed E-state index contributed by atoms with van der Waals surface area (Å²) in [7, 11) is 0. The molecule has 92 valence electrons. The van der Waals surface area contributed by atoms with Gasteiger partial charge in [-0.2, -0.15) is 0 Å². The molecular formula is C10H8Cl3NO3. The van der Waals surface area contributed by atoms with E-state index in [1.54, 1.807) is 4.90 Å². The molecule has 0 amide bonds. The van der Waals surface area contributed by atoms with E-state index >= 15 is 0 Å². The summed E-state index contributed by atoms with van der Waals surface area (Å²) in [5.41, 5.74) is -0.149. The quantitative estimate of drug-likeness (QED) is 0.419. The fourth-order valence-corrected chi connectivity index (χ4v) is 2.33. The first-order valence-corrected chi connectivity index (χ1v) is 6.04. The van der Waals surface area contributed by atoms with E-state index in [9.17, 15) is 9.59 Å². The first-order chi connectivity index (χ1) is 8.04. The highest BCUT2D eigenvalue weighted by Crippen LogP contribution is 2.33. The molecule has 0 saturated carbocycles. The standard InChI is InChI=1S/C10H8Cl3NO3/c11-6-7(12)9(16)5(8(6)15)10(13)14-1-3-17-4-2-14/h1-4H2. The van der Waals surface area contributed by atoms with Crippen LogP contribution in [0.4, 0.5) is 0 Å². The summed E-state index contributed by atoms with van der Waals surface area (Å²) in [5.74, 6) is -1.23. The molecule has 0 aromatic heterocycles. The third-order valence-electron chi connectivity index (χ3n) is 2.54. The number of allylic oxidation sites excluding steroid dienone is 3. The third-order valence-corrected chi connectivity index (χ3v) is 3.79. The first-order valence-electron chi connectivity index (χ1n) is 4.91. The molecule has 7 heteroatoms. The van der Waals surface area contributed by atoms with E-state index in [0.29, 0.717) is 26.3 Å². The van der Waals surface area contributed by atoms with Crippen LogP contribution in [0.2, 0.25) is 0 Å². The average molecular weight is 297 g/mol. The lowest BCUT2D eigenvalue weighted by Gasteiger charge is -2.28. The second-order valence-electron chi connectivity index (χ2n) is 3.55. The van der Waals surface area contributed by atoms with Gasteiger partial charge < -0.3 is 9.64 Å². The van der Waals surface area contributed by atoms with Crippen LogP contribution >= 0.6 is 34.8 Å². The number of ketones is 2. The Kier molecular flexibility index (Phi) is 3.78. The van der Waals surface area contributed by atoms with E-state index in [-0.39, 0.29) is 20.8 Å². The predicted octanol–water partition coefficient (Wildman–Crippen LogP) is 1.61. The third kappa shape index (κ3) is 2.22. The van der Waals surface area contributed by atoms with Crippen molar-refractivity contribution in [3.8, 4) is 0 Å². The summed E-state index contributed by atoms with van der Waals surface area (Å²) in [5, 5.41) is -0.437. The molecule has 0 atom stereocenters. The Morgan fingerprint density at radius 3 is 2.00 bits per heavy atom. The highest BCUT2D eigenvalue weighted by Gasteiger charge is 2.38. The molecule has 0 radical (unpaired) electrons. The molecular weight excluding hydrogens is 288 g/mol. The first kappa shape index (κ1) is 12.9. The van der Waals surface area contributed by atoms with E-state index in [0.717, 1.165) is 0 Å². The van der Waals surface area contributed by atoms with Crippen molar-refractivity contribution < 1.29 is 14.3 Å². The highest BCUT2D eigenvalue weighted by atomic mass is 35.5. The van der Waals surface area contributed by atoms with Crippen molar-refractivity contribution >= 4 is 46.4 Å². The van der Waals surface area contributed by atoms with Gasteiger partial charge in [0.05, 0.1) is 13.2 Å². The average Bonchev–Trinajstić information content (AvgIpc) is 2.54. The van der Waals surface area contributed by atoms with Gasteiger partial charge in [0.2, 0.25) is 11.6 Å². The number of rotatable bonds is 1. The summed E-state index contributed by atoms with van der Waals surface area (Å²) in [6.07, 6.45) is 0. The molecule has 0 aromatic rings. The van der Waals surface area contributed by atoms with E-state index in [1.165, 1.54) is 0 Å². The molecule has 1 saturated heterocycles. The topological polar surface area (TPSA) is 46.6 Å². The van der Waals surface area contributed by atoms with Crippen molar-refractivity contribution in [1.29, 1.82) is 0 Å². The zero-order valence-electron chi connectivity index (χ0n) is 8.63. The normalized spacial score (nSPS) is 21.6. The molecule has 0 N–H and O–H groups in total. The Morgan fingerprint density at radius 1 is 1.06 bits per heavy atom. The van der Waals surface area contributed by atoms with Gasteiger partial charge in [-0.05, 0) is 0 Å². The van der Waals surface area contributed by atoms with Gasteiger partial charge in [0.1, 0.15) is 20.8 Å². The van der Waals surface area contributed by atoms with Crippen molar-refractivity contribution in [1.82, 2.24) is 4.90 Å². The number of hydrogen-bond donors (Lipinski definition) is 0. The largest absolute Gasteiger partial charge is 0.378 e. The van der Waals surface area contributed by atoms with Crippen LogP contribution in [-0.2, 0) is 14.3 Å². The van der Waals surface area contributed by atoms with E-state index in [2.05, 4.69) is 0 Å². The number of nitrogens with zero attached hydrogens (tertiary/aromatic N) is 1. The lowest BCUT2D eigenvalue weighted by molar-refractivity contribution is -0.115. The maximum Gasteiger partial charge on any atom is 0.213 e. The minimum Gasteiger partial charge on any atom is -0.378 e. The Labute approximate surface area is 113 Å². The van der Waals surface area contributed by atoms with Crippen LogP contribution < -0.4 is 0 Å². The van der Waals surface area contributed by atoms with Gasteiger partial charge in [-0.25, -0.2) is 0 Å². The van der Waals surface area contributed by atoms with Crippen LogP contribution in [0, 0.1) is 0 Å². The van der Waals surface area contributed by atoms with Crippen LogP contribution in [0.5, 0.6) is 0 Å². The summed E-state index contributed by atoms with van der Waals surface area (Å²) >= 11 is 17.3. The molecule has 4 nitrogen and oxygen atoms in total. The molecule has 1 heterocycles. The number of Topliss-reactive ketones (excluding diaryl/α,β-unsaturated/α-hetero) is 2. The zero-order valence-corrected chi connectivity index (χ0v) is 10.9. The van der Waals surface area contributed by atoms with Crippen LogP contribution in [0.25, 0.3) is 0 Å². The van der Waals surface area contributed by atoms with Crippen LogP contribution in [0.15, 0.2) is 20.8 Å². The van der Waals surface area contributed by atoms with Crippen molar-refractivity contribution in [2.24, 2.45) is 0 Å². The van der Waals surface area contributed by atoms with Gasteiger partial charge in [-0.3, -0.25) is 9.59 Å². The van der Waals surface area contributed by atoms with Crippen LogP contribution in [-0.4, -0.2) is 42.8 Å². The van der Waals surface area contributed by atoms with E-state index in [4.69, 9.17) is 39.5 Å². The second-order valence-corrected chi connectivity index (χ2v) is 4.67. The summed E-state index contributed by atoms with van der Waals surface area (Å²) < 4.78 is 5.15. The summed E-state index contributed by atoms with van der Waals surface area (Å²) in [6, 6.07) is 0. The van der Waals surface area contributed by atoms with Gasteiger partial charge in [0, 0.05) is 13.1 Å². The molecule has 0 spiro atoms. The van der Waals surface area contributed by atoms with Gasteiger partial charge in [-0.15, -0.1) is 0 Å². The molecule has 1 fully saturated rings. The molecule has 0 aromatic carbocycles. The van der Waals surface area contributed by atoms with Gasteiger partial charge >= 0.3 is 0 Å². The number of carbonyl (C=O) groups is 2. The van der Waals surface area contributed by atoms with E-state index in [1.807, 2.05) is 0 Å².